The van der Waals surface area contributed by atoms with Crippen LogP contribution < -0.4 is 0 Å². The number of likely N-dealkylation sites (tertiary alicyclic amines) is 1. The molecule has 2 aromatic carbocycles. The molecule has 0 saturated carbocycles. The normalized spacial score (nSPS) is 13.4. The van der Waals surface area contributed by atoms with Crippen molar-refractivity contribution in [3.05, 3.63) is 76.7 Å². The van der Waals surface area contributed by atoms with Gasteiger partial charge >= 0.3 is 5.97 Å². The number of hydrogen-bond donors (Lipinski definition) is 0. The molecule has 1 fully saturated rings. The van der Waals surface area contributed by atoms with E-state index < -0.39 is 9.85 Å². The molecule has 3 rings (SSSR count). The number of esters is 1. The van der Waals surface area contributed by atoms with Gasteiger partial charge < -0.3 is 4.74 Å². The van der Waals surface area contributed by atoms with Crippen LogP contribution in [-0.4, -0.2) is 47.2 Å². The van der Waals surface area contributed by atoms with E-state index in [1.807, 2.05) is 11.0 Å². The average Bonchev–Trinajstić information content (AvgIpc) is 2.69. The van der Waals surface area contributed by atoms with E-state index in [1.54, 1.807) is 6.07 Å². The maximum Gasteiger partial charge on any atom is 0.311 e. The fraction of sp³-hybridized carbons (Fsp3) is 0.263. The van der Waals surface area contributed by atoms with Crippen molar-refractivity contribution < 1.29 is 24.2 Å². The highest BCUT2D eigenvalue weighted by Crippen LogP contribution is 2.25. The number of non-ortho nitro benzene ring substituents is 2. The van der Waals surface area contributed by atoms with Crippen molar-refractivity contribution in [1.29, 1.82) is 0 Å². The lowest BCUT2D eigenvalue weighted by atomic mass is 9.99. The molecule has 31 heavy (non-hydrogen) atoms. The van der Waals surface area contributed by atoms with Crippen LogP contribution in [0, 0.1) is 26.1 Å². The Hall–Kier alpha value is -2.70. The molecule has 0 atom stereocenters. The number of aldehydes is 1. The third-order valence-electron chi connectivity index (χ3n) is 4.30. The first-order valence-corrected chi connectivity index (χ1v) is 10.4. The zero-order valence-electron chi connectivity index (χ0n) is 16.2. The summed E-state index contributed by atoms with van der Waals surface area (Å²) in [7, 11) is 1.38. The molecule has 0 N–H and O–H groups in total. The molecular formula is C19H17Br2N3O7. The van der Waals surface area contributed by atoms with Crippen LogP contribution in [0.4, 0.5) is 11.4 Å². The minimum atomic E-state index is -0.544. The van der Waals surface area contributed by atoms with Crippen molar-refractivity contribution in [2.24, 2.45) is 5.92 Å². The van der Waals surface area contributed by atoms with Gasteiger partial charge in [0.1, 0.15) is 6.29 Å². The summed E-state index contributed by atoms with van der Waals surface area (Å²) in [5, 5.41) is 21.1. The van der Waals surface area contributed by atoms with Crippen LogP contribution in [0.25, 0.3) is 0 Å². The first-order valence-electron chi connectivity index (χ1n) is 8.77. The second-order valence-corrected chi connectivity index (χ2v) is 8.44. The Morgan fingerprint density at radius 3 is 2.13 bits per heavy atom. The molecule has 0 unspecified atom stereocenters. The van der Waals surface area contributed by atoms with E-state index in [0.717, 1.165) is 5.56 Å². The molecule has 164 valence electrons. The first kappa shape index (κ1) is 24.6. The quantitative estimate of drug-likeness (QED) is 0.223. The fourth-order valence-corrected chi connectivity index (χ4v) is 3.90. The van der Waals surface area contributed by atoms with Crippen molar-refractivity contribution >= 4 is 55.5 Å². The van der Waals surface area contributed by atoms with Crippen LogP contribution in [0.15, 0.2) is 45.3 Å². The lowest BCUT2D eigenvalue weighted by Crippen LogP contribution is -2.49. The van der Waals surface area contributed by atoms with E-state index in [-0.39, 0.29) is 28.8 Å². The maximum atomic E-state index is 11.2. The number of carbonyl (C=O) groups is 2. The minimum absolute atomic E-state index is 0.0643. The van der Waals surface area contributed by atoms with E-state index >= 15 is 0 Å². The zero-order valence-corrected chi connectivity index (χ0v) is 19.4. The molecule has 1 aliphatic rings. The third-order valence-corrected chi connectivity index (χ3v) is 5.22. The van der Waals surface area contributed by atoms with Crippen LogP contribution in [-0.2, 0) is 16.1 Å². The van der Waals surface area contributed by atoms with E-state index in [1.165, 1.54) is 31.4 Å². The number of halogens is 2. The number of ether oxygens (including phenoxy) is 1. The summed E-state index contributed by atoms with van der Waals surface area (Å²) in [6.07, 6.45) is 0.567. The first-order chi connectivity index (χ1) is 14.6. The molecule has 12 heteroatoms. The molecule has 0 spiro atoms. The number of carbonyl (C=O) groups excluding carboxylic acids is 2. The topological polar surface area (TPSA) is 133 Å². The Kier molecular flexibility index (Phi) is 8.77. The Balaban J connectivity index is 0.000000245. The average molecular weight is 559 g/mol. The molecule has 0 amide bonds. The predicted octanol–water partition coefficient (Wildman–Crippen LogP) is 4.13. The van der Waals surface area contributed by atoms with Gasteiger partial charge in [-0.2, -0.15) is 0 Å². The monoisotopic (exact) mass is 557 g/mol. The summed E-state index contributed by atoms with van der Waals surface area (Å²) in [6.45, 7) is 1.85. The summed E-state index contributed by atoms with van der Waals surface area (Å²) in [5.74, 6) is -0.274. The molecule has 0 aromatic heterocycles. The SMILES string of the molecule is COC(=O)C1CN(Cc2cc(Br)cc([N+](=O)[O-])c2)C1.O=Cc1cc(Br)cc([N+](=O)[O-])c1. The summed E-state index contributed by atoms with van der Waals surface area (Å²) in [6, 6.07) is 8.94. The summed E-state index contributed by atoms with van der Waals surface area (Å²) < 4.78 is 5.87. The van der Waals surface area contributed by atoms with Crippen molar-refractivity contribution in [2.75, 3.05) is 20.2 Å². The third kappa shape index (κ3) is 7.19. The van der Waals surface area contributed by atoms with E-state index in [0.29, 0.717) is 34.9 Å². The Labute approximate surface area is 193 Å². The van der Waals surface area contributed by atoms with Gasteiger partial charge in [0.15, 0.2) is 0 Å². The standard InChI is InChI=1S/C12H13BrN2O4.C7H4BrNO3/c1-19-12(16)9-6-14(7-9)5-8-2-10(13)4-11(3-8)15(17)18;8-6-1-5(4-10)2-7(3-6)9(11)12/h2-4,9H,5-7H2,1H3;1-4H. The van der Waals surface area contributed by atoms with E-state index in [4.69, 9.17) is 0 Å². The van der Waals surface area contributed by atoms with Gasteiger partial charge in [0.2, 0.25) is 0 Å². The van der Waals surface area contributed by atoms with Gasteiger partial charge in [-0.25, -0.2) is 0 Å². The molecule has 0 radical (unpaired) electrons. The number of nitro benzene ring substituents is 2. The smallest absolute Gasteiger partial charge is 0.311 e. The van der Waals surface area contributed by atoms with Gasteiger partial charge in [0.25, 0.3) is 11.4 Å². The molecule has 2 aromatic rings. The van der Waals surface area contributed by atoms with Crippen LogP contribution in [0.2, 0.25) is 0 Å². The highest BCUT2D eigenvalue weighted by atomic mass is 79.9. The van der Waals surface area contributed by atoms with Gasteiger partial charge in [-0.15, -0.1) is 0 Å². The highest BCUT2D eigenvalue weighted by molar-refractivity contribution is 9.10. The van der Waals surface area contributed by atoms with Crippen LogP contribution in [0.5, 0.6) is 0 Å². The van der Waals surface area contributed by atoms with Crippen molar-refractivity contribution in [3.8, 4) is 0 Å². The van der Waals surface area contributed by atoms with Crippen molar-refractivity contribution in [3.63, 3.8) is 0 Å². The second-order valence-electron chi connectivity index (χ2n) is 6.61. The summed E-state index contributed by atoms with van der Waals surface area (Å²) >= 11 is 6.32. The maximum absolute atomic E-state index is 11.2. The molecule has 1 aliphatic heterocycles. The highest BCUT2D eigenvalue weighted by Gasteiger charge is 2.33. The van der Waals surface area contributed by atoms with Crippen LogP contribution in [0.3, 0.4) is 0 Å². The van der Waals surface area contributed by atoms with Crippen LogP contribution in [0.1, 0.15) is 15.9 Å². The van der Waals surface area contributed by atoms with E-state index in [9.17, 15) is 29.8 Å². The number of benzene rings is 2. The van der Waals surface area contributed by atoms with Gasteiger partial charge in [-0.05, 0) is 17.7 Å². The molecule has 10 nitrogen and oxygen atoms in total. The summed E-state index contributed by atoms with van der Waals surface area (Å²) in [4.78, 5) is 43.7. The summed E-state index contributed by atoms with van der Waals surface area (Å²) in [5.41, 5.74) is 1.11. The zero-order chi connectivity index (χ0) is 23.1. The molecular weight excluding hydrogens is 542 g/mol. The Morgan fingerprint density at radius 2 is 1.61 bits per heavy atom. The lowest BCUT2D eigenvalue weighted by molar-refractivity contribution is -0.385. The van der Waals surface area contributed by atoms with Gasteiger partial charge in [0, 0.05) is 58.4 Å². The van der Waals surface area contributed by atoms with Gasteiger partial charge in [0.05, 0.1) is 22.9 Å². The Bertz CT molecular complexity index is 1010. The van der Waals surface area contributed by atoms with Crippen molar-refractivity contribution in [2.45, 2.75) is 6.54 Å². The van der Waals surface area contributed by atoms with Crippen molar-refractivity contribution in [1.82, 2.24) is 4.90 Å². The van der Waals surface area contributed by atoms with Gasteiger partial charge in [-0.1, -0.05) is 31.9 Å². The largest absolute Gasteiger partial charge is 0.469 e. The predicted molar refractivity (Wildman–Crippen MR) is 118 cm³/mol. The lowest BCUT2D eigenvalue weighted by Gasteiger charge is -2.37. The Morgan fingerprint density at radius 1 is 1.06 bits per heavy atom. The number of hydrogen-bond acceptors (Lipinski definition) is 8. The minimum Gasteiger partial charge on any atom is -0.469 e. The number of methoxy groups -OCH3 is 1. The second kappa shape index (κ2) is 11.1. The number of rotatable bonds is 6. The molecule has 1 saturated heterocycles. The van der Waals surface area contributed by atoms with Gasteiger partial charge in [-0.3, -0.25) is 34.7 Å². The van der Waals surface area contributed by atoms with Crippen LogP contribution >= 0.6 is 31.9 Å². The molecule has 0 bridgehead atoms. The number of nitro groups is 2. The van der Waals surface area contributed by atoms with E-state index in [2.05, 4.69) is 36.6 Å². The number of nitrogens with zero attached hydrogens (tertiary/aromatic N) is 3. The molecule has 1 heterocycles. The fourth-order valence-electron chi connectivity index (χ4n) is 2.87. The molecule has 0 aliphatic carbocycles.